The Balaban J connectivity index is 2.95. The Labute approximate surface area is 61.2 Å². The van der Waals surface area contributed by atoms with E-state index in [0.717, 1.165) is 0 Å². The first-order valence-electron chi connectivity index (χ1n) is 2.28. The minimum absolute atomic E-state index is 0.0401. The Kier molecular flexibility index (Phi) is 1.56. The third kappa shape index (κ3) is 0.937. The van der Waals surface area contributed by atoms with Crippen LogP contribution in [0.25, 0.3) is 0 Å². The first kappa shape index (κ1) is 6.97. The normalized spacial score (nSPS) is 22.2. The molecule has 0 radical (unpaired) electrons. The number of hydrogen-bond donors (Lipinski definition) is 3. The largest absolute Gasteiger partial charge is 0.387 e. The molecular formula is C3H5ClN4O2. The summed E-state index contributed by atoms with van der Waals surface area (Å²) < 4.78 is 0. The zero-order chi connectivity index (χ0) is 7.72. The quantitative estimate of drug-likeness (QED) is 0.410. The second-order valence-electron chi connectivity index (χ2n) is 1.53. The van der Waals surface area contributed by atoms with Crippen molar-refractivity contribution >= 4 is 17.4 Å². The molecule has 0 aromatic carbocycles. The lowest BCUT2D eigenvalue weighted by Gasteiger charge is -2.05. The average Bonchev–Trinajstić information content (AvgIpc) is 2.11. The van der Waals surface area contributed by atoms with E-state index >= 15 is 0 Å². The number of halogens is 1. The topological polar surface area (TPSA) is 97.1 Å². The second-order valence-corrected chi connectivity index (χ2v) is 1.93. The van der Waals surface area contributed by atoms with Crippen LogP contribution in [0.2, 0.25) is 0 Å². The minimum atomic E-state index is -0.179. The zero-order valence-corrected chi connectivity index (χ0v) is 5.54. The third-order valence-electron chi connectivity index (χ3n) is 0.877. The van der Waals surface area contributed by atoms with Gasteiger partial charge in [-0.05, 0) is 10.4 Å². The van der Waals surface area contributed by atoms with Crippen LogP contribution in [0, 0.1) is 0 Å². The first-order chi connectivity index (χ1) is 4.63. The lowest BCUT2D eigenvalue weighted by Crippen LogP contribution is -2.23. The molecule has 1 rings (SSSR count). The van der Waals surface area contributed by atoms with Gasteiger partial charge < -0.3 is 11.5 Å². The maximum atomic E-state index is 8.72. The molecule has 6 nitrogen and oxygen atoms in total. The molecule has 7 heteroatoms. The number of hydroxylamine groups is 2. The van der Waals surface area contributed by atoms with Crippen LogP contribution in [0.3, 0.4) is 0 Å². The summed E-state index contributed by atoms with van der Waals surface area (Å²) >= 11 is 5.29. The molecule has 0 amide bonds. The summed E-state index contributed by atoms with van der Waals surface area (Å²) in [6, 6.07) is 0. The SMILES string of the molecule is NC1=NON(O)C1=C(N)Cl. The van der Waals surface area contributed by atoms with E-state index in [-0.39, 0.29) is 21.9 Å². The van der Waals surface area contributed by atoms with E-state index in [4.69, 9.17) is 28.3 Å². The molecule has 0 fully saturated rings. The summed E-state index contributed by atoms with van der Waals surface area (Å²) in [6.07, 6.45) is 0. The van der Waals surface area contributed by atoms with Crippen LogP contribution in [0.1, 0.15) is 0 Å². The fourth-order valence-corrected chi connectivity index (χ4v) is 0.648. The lowest BCUT2D eigenvalue weighted by atomic mass is 10.4. The number of hydrogen-bond acceptors (Lipinski definition) is 6. The van der Waals surface area contributed by atoms with Crippen molar-refractivity contribution in [2.45, 2.75) is 0 Å². The molecule has 0 atom stereocenters. The van der Waals surface area contributed by atoms with Gasteiger partial charge in [0, 0.05) is 0 Å². The summed E-state index contributed by atoms with van der Waals surface area (Å²) in [4.78, 5) is 4.17. The number of amidine groups is 1. The Morgan fingerprint density at radius 2 is 2.40 bits per heavy atom. The molecule has 0 saturated carbocycles. The summed E-state index contributed by atoms with van der Waals surface area (Å²) in [5.41, 5.74) is 10.2. The van der Waals surface area contributed by atoms with Crippen molar-refractivity contribution in [2.24, 2.45) is 16.6 Å². The smallest absolute Gasteiger partial charge is 0.199 e. The zero-order valence-electron chi connectivity index (χ0n) is 4.78. The third-order valence-corrected chi connectivity index (χ3v) is 1.06. The van der Waals surface area contributed by atoms with E-state index in [2.05, 4.69) is 10.1 Å². The van der Waals surface area contributed by atoms with Gasteiger partial charge in [-0.25, -0.2) is 4.94 Å². The summed E-state index contributed by atoms with van der Waals surface area (Å²) in [5.74, 6) is -0.0602. The summed E-state index contributed by atoms with van der Waals surface area (Å²) in [5, 5.41) is 12.0. The van der Waals surface area contributed by atoms with Gasteiger partial charge in [0.1, 0.15) is 5.16 Å². The van der Waals surface area contributed by atoms with Gasteiger partial charge in [0.25, 0.3) is 0 Å². The standard InChI is InChI=1S/C3H5ClN4O2/c4-2(5)1-3(6)7-10-8(1)9/h9H,5H2,(H2,6,7). The maximum Gasteiger partial charge on any atom is 0.199 e. The van der Waals surface area contributed by atoms with E-state index in [0.29, 0.717) is 0 Å². The molecule has 0 spiro atoms. The Morgan fingerprint density at radius 3 is 2.60 bits per heavy atom. The molecule has 0 saturated heterocycles. The van der Waals surface area contributed by atoms with Gasteiger partial charge in [0.15, 0.2) is 11.5 Å². The molecule has 0 aromatic heterocycles. The number of rotatable bonds is 0. The van der Waals surface area contributed by atoms with Crippen LogP contribution in [0.4, 0.5) is 0 Å². The summed E-state index contributed by atoms with van der Waals surface area (Å²) in [6.45, 7) is 0. The van der Waals surface area contributed by atoms with Crippen molar-refractivity contribution in [1.29, 1.82) is 0 Å². The monoisotopic (exact) mass is 164 g/mol. The average molecular weight is 165 g/mol. The number of nitrogens with two attached hydrogens (primary N) is 2. The lowest BCUT2D eigenvalue weighted by molar-refractivity contribution is -0.301. The van der Waals surface area contributed by atoms with Crippen LogP contribution >= 0.6 is 11.6 Å². The minimum Gasteiger partial charge on any atom is -0.387 e. The highest BCUT2D eigenvalue weighted by Crippen LogP contribution is 2.14. The van der Waals surface area contributed by atoms with E-state index in [1.165, 1.54) is 0 Å². The van der Waals surface area contributed by atoms with Crippen molar-refractivity contribution < 1.29 is 10.1 Å². The highest BCUT2D eigenvalue weighted by atomic mass is 35.5. The van der Waals surface area contributed by atoms with Gasteiger partial charge in [-0.3, -0.25) is 5.21 Å². The molecule has 0 aromatic rings. The van der Waals surface area contributed by atoms with E-state index in [9.17, 15) is 0 Å². The second kappa shape index (κ2) is 2.24. The summed E-state index contributed by atoms with van der Waals surface area (Å²) in [7, 11) is 0. The van der Waals surface area contributed by atoms with Crippen molar-refractivity contribution in [2.75, 3.05) is 0 Å². The van der Waals surface area contributed by atoms with E-state index < -0.39 is 0 Å². The molecule has 0 aliphatic carbocycles. The molecular weight excluding hydrogens is 160 g/mol. The van der Waals surface area contributed by atoms with Crippen LogP contribution < -0.4 is 11.5 Å². The van der Waals surface area contributed by atoms with Crippen molar-refractivity contribution in [3.63, 3.8) is 0 Å². The van der Waals surface area contributed by atoms with Gasteiger partial charge in [0.05, 0.1) is 0 Å². The fourth-order valence-electron chi connectivity index (χ4n) is 0.478. The molecule has 56 valence electrons. The fraction of sp³-hybridized carbons (Fsp3) is 0. The van der Waals surface area contributed by atoms with Crippen LogP contribution in [0.15, 0.2) is 16.0 Å². The van der Waals surface area contributed by atoms with Gasteiger partial charge in [-0.15, -0.1) is 0 Å². The predicted molar refractivity (Wildman–Crippen MR) is 33.4 cm³/mol. The van der Waals surface area contributed by atoms with Gasteiger partial charge >= 0.3 is 0 Å². The Hall–Kier alpha value is -1.14. The predicted octanol–water partition coefficient (Wildman–Crippen LogP) is -0.738. The molecule has 1 aliphatic heterocycles. The van der Waals surface area contributed by atoms with Crippen molar-refractivity contribution in [1.82, 2.24) is 5.23 Å². The van der Waals surface area contributed by atoms with E-state index in [1.54, 1.807) is 0 Å². The number of nitrogens with zero attached hydrogens (tertiary/aromatic N) is 2. The van der Waals surface area contributed by atoms with Gasteiger partial charge in [0.2, 0.25) is 0 Å². The maximum absolute atomic E-state index is 8.72. The van der Waals surface area contributed by atoms with Crippen LogP contribution in [0.5, 0.6) is 0 Å². The highest BCUT2D eigenvalue weighted by molar-refractivity contribution is 6.31. The Morgan fingerprint density at radius 1 is 1.80 bits per heavy atom. The Bertz CT molecular complexity index is 209. The molecule has 1 aliphatic rings. The molecule has 1 heterocycles. The van der Waals surface area contributed by atoms with Gasteiger partial charge in [-0.1, -0.05) is 11.6 Å². The molecule has 0 unspecified atom stereocenters. The van der Waals surface area contributed by atoms with Crippen molar-refractivity contribution in [3.05, 3.63) is 10.9 Å². The van der Waals surface area contributed by atoms with E-state index in [1.807, 2.05) is 0 Å². The van der Waals surface area contributed by atoms with Crippen LogP contribution in [-0.2, 0) is 4.94 Å². The van der Waals surface area contributed by atoms with Crippen LogP contribution in [-0.4, -0.2) is 16.3 Å². The molecule has 10 heavy (non-hydrogen) atoms. The molecule has 5 N–H and O–H groups in total. The number of oxime groups is 1. The highest BCUT2D eigenvalue weighted by Gasteiger charge is 2.23. The van der Waals surface area contributed by atoms with Gasteiger partial charge in [-0.2, -0.15) is 0 Å². The first-order valence-corrected chi connectivity index (χ1v) is 2.66. The van der Waals surface area contributed by atoms with Crippen molar-refractivity contribution in [3.8, 4) is 0 Å². The molecule has 0 bridgehead atoms.